The number of ether oxygens (including phenoxy) is 6. The Bertz CT molecular complexity index is 5040. The van der Waals surface area contributed by atoms with Crippen LogP contribution in [0.5, 0.6) is 17.2 Å². The number of hydrogen-bond acceptors (Lipinski definition) is 25. The van der Waals surface area contributed by atoms with Gasteiger partial charge in [0.2, 0.25) is 17.5 Å². The zero-order valence-electron chi connectivity index (χ0n) is 56.7. The number of nitrogens with two attached hydrogens (primary N) is 2. The Morgan fingerprint density at radius 3 is 1.14 bits per heavy atom. The maximum Gasteiger partial charge on any atom is 1.00 e. The summed E-state index contributed by atoms with van der Waals surface area (Å²) in [6.45, 7) is 10.5. The molecule has 12 aromatic rings. The second kappa shape index (κ2) is 36.8. The molecule has 6 heterocycles. The maximum absolute atomic E-state index is 13.2. The van der Waals surface area contributed by atoms with Crippen LogP contribution in [0.4, 0.5) is 4.79 Å². The summed E-state index contributed by atoms with van der Waals surface area (Å²) in [6.07, 6.45) is -0.800. The van der Waals surface area contributed by atoms with Gasteiger partial charge in [-0.25, -0.2) is 49.1 Å². The Balaban J connectivity index is 0.000000196. The summed E-state index contributed by atoms with van der Waals surface area (Å²) >= 11 is 4.19. The number of aromatic nitrogens is 6. The molecule has 6 aromatic carbocycles. The fourth-order valence-corrected chi connectivity index (χ4v) is 12.4. The van der Waals surface area contributed by atoms with Crippen molar-refractivity contribution in [1.82, 2.24) is 35.2 Å². The van der Waals surface area contributed by atoms with Crippen molar-refractivity contribution in [2.45, 2.75) is 79.1 Å². The van der Waals surface area contributed by atoms with E-state index in [1.807, 2.05) is 107 Å². The number of esters is 5. The predicted octanol–water partition coefficient (Wildman–Crippen LogP) is 10.3. The minimum atomic E-state index is -1.02. The van der Waals surface area contributed by atoms with E-state index in [9.17, 15) is 33.6 Å². The summed E-state index contributed by atoms with van der Waals surface area (Å²) in [6, 6.07) is 48.7. The van der Waals surface area contributed by atoms with E-state index in [1.165, 1.54) is 34.0 Å². The van der Waals surface area contributed by atoms with Gasteiger partial charge in [-0.2, -0.15) is 0 Å². The number of carboxylic acid groups (broad SMARTS) is 1. The number of thiophene rings is 3. The number of hydrogen-bond donors (Lipinski definition) is 4. The first-order chi connectivity index (χ1) is 48.8. The molecule has 103 heavy (non-hydrogen) atoms. The van der Waals surface area contributed by atoms with Crippen LogP contribution in [0.2, 0.25) is 0 Å². The molecule has 24 nitrogen and oxygen atoms in total. The molecule has 0 unspecified atom stereocenters. The Morgan fingerprint density at radius 2 is 0.796 bits per heavy atom. The summed E-state index contributed by atoms with van der Waals surface area (Å²) in [5, 5.41) is 19.9. The normalized spacial score (nSPS) is 10.7. The Morgan fingerprint density at radius 1 is 0.456 bits per heavy atom. The fraction of sp³-hybridized carbons (Fsp3) is 0.187. The number of aliphatic carboxylic acids is 1. The van der Waals surface area contributed by atoms with Crippen LogP contribution in [0.15, 0.2) is 180 Å². The molecule has 0 spiro atoms. The fourth-order valence-electron chi connectivity index (χ4n) is 10.1. The first-order valence-electron chi connectivity index (χ1n) is 31.6. The summed E-state index contributed by atoms with van der Waals surface area (Å²) < 4.78 is 32.0. The minimum Gasteiger partial charge on any atom is -0.870 e. The van der Waals surface area contributed by atoms with E-state index < -0.39 is 47.5 Å². The third-order valence-electron chi connectivity index (χ3n) is 14.6. The number of alkyl carbamates (subject to hydrolysis) is 1. The van der Waals surface area contributed by atoms with Gasteiger partial charge in [0, 0.05) is 69.2 Å². The van der Waals surface area contributed by atoms with Gasteiger partial charge in [-0.1, -0.05) is 109 Å². The van der Waals surface area contributed by atoms with E-state index in [4.69, 9.17) is 45.0 Å². The van der Waals surface area contributed by atoms with Gasteiger partial charge in [0.15, 0.2) is 0 Å². The third kappa shape index (κ3) is 21.0. The molecule has 0 saturated heterocycles. The van der Waals surface area contributed by atoms with Crippen molar-refractivity contribution in [1.29, 1.82) is 0 Å². The number of amides is 1. The molecular formula is C75H68N9NaO15S3. The molecule has 0 aliphatic heterocycles. The summed E-state index contributed by atoms with van der Waals surface area (Å²) in [5.74, 6) is -3.60. The van der Waals surface area contributed by atoms with Crippen LogP contribution in [0, 0.1) is 0 Å². The zero-order chi connectivity index (χ0) is 71.6. The van der Waals surface area contributed by atoms with Crippen molar-refractivity contribution in [3.63, 3.8) is 0 Å². The van der Waals surface area contributed by atoms with Crippen molar-refractivity contribution >= 4 is 107 Å². The number of para-hydroxylation sites is 3. The number of carbonyl (C=O) groups is 7. The number of fused-ring (bicyclic) bond motifs is 3. The number of carbonyl (C=O) groups excluding carboxylic acids is 6. The van der Waals surface area contributed by atoms with E-state index in [-0.39, 0.29) is 109 Å². The second-order valence-corrected chi connectivity index (χ2v) is 25.7. The molecule has 522 valence electrons. The molecule has 0 bridgehead atoms. The van der Waals surface area contributed by atoms with E-state index >= 15 is 0 Å². The van der Waals surface area contributed by atoms with Crippen molar-refractivity contribution in [3.05, 3.63) is 231 Å². The molecule has 1 amide bonds. The Labute approximate surface area is 625 Å². The Kier molecular flexibility index (Phi) is 27.9. The molecule has 0 radical (unpaired) electrons. The number of nitrogens with one attached hydrogen (secondary N) is 1. The molecule has 6 aromatic heterocycles. The summed E-state index contributed by atoms with van der Waals surface area (Å²) in [4.78, 5) is 115. The van der Waals surface area contributed by atoms with Gasteiger partial charge in [0.1, 0.15) is 37.3 Å². The van der Waals surface area contributed by atoms with Gasteiger partial charge < -0.3 is 55.8 Å². The van der Waals surface area contributed by atoms with Gasteiger partial charge in [-0.15, -0.1) is 34.0 Å². The third-order valence-corrected chi connectivity index (χ3v) is 17.0. The smallest absolute Gasteiger partial charge is 0.870 e. The largest absolute Gasteiger partial charge is 1.00 e. The van der Waals surface area contributed by atoms with Crippen LogP contribution in [-0.2, 0) is 67.5 Å². The molecule has 0 atom stereocenters. The van der Waals surface area contributed by atoms with Crippen molar-refractivity contribution in [2.24, 2.45) is 11.5 Å². The minimum absolute atomic E-state index is 0. The molecule has 0 saturated carbocycles. The standard InChI is InChI=1S/C29H29N3O6S.C24H21N3O4S.C22H17N3O4S.Na.H2O/c1-5-36-23(33)16-19-10-6-7-12-22(19)37-27(34)25-31-24(21-13-14-39-26(21)32-25)20-11-8-9-18(15-20)17-30-28(35)38-29(2,3)4;1-2-30-20(28)13-16-7-3-4-9-19(16)31-24(29)22-26-21(18-10-11-32-23(18)27-22)17-8-5-6-15(12-17)14-25;23-12-13-4-3-6-15(10-13)19-16-8-9-30-21(16)25-20(24-19)22(28)29-17-7-2-1-5-14(17)11-18(26)27;;/h6-15H,5,16-17H2,1-4H3,(H,30,35);3-12H,2,13-14,25H2,1H3;1-10H,11-12,23H2,(H,26,27);;1H2/q;;;+1;/p-1. The van der Waals surface area contributed by atoms with Crippen LogP contribution >= 0.6 is 34.0 Å². The Hall–Kier alpha value is -10.6. The maximum atomic E-state index is 13.2. The van der Waals surface area contributed by atoms with Crippen LogP contribution < -0.4 is 60.6 Å². The number of rotatable bonds is 21. The van der Waals surface area contributed by atoms with Crippen LogP contribution in [0.3, 0.4) is 0 Å². The average molecular weight is 1450 g/mol. The van der Waals surface area contributed by atoms with E-state index in [2.05, 4.69) is 35.2 Å². The topological polar surface area (TPSA) is 367 Å². The molecular weight excluding hydrogens is 1390 g/mol. The average Bonchev–Trinajstić information content (AvgIpc) is 1.75. The second-order valence-electron chi connectivity index (χ2n) is 23.0. The molecule has 0 fully saturated rings. The van der Waals surface area contributed by atoms with Gasteiger partial charge in [0.25, 0.3) is 0 Å². The van der Waals surface area contributed by atoms with E-state index in [1.54, 1.807) is 107 Å². The van der Waals surface area contributed by atoms with Crippen LogP contribution in [0.25, 0.3) is 64.4 Å². The van der Waals surface area contributed by atoms with Crippen molar-refractivity contribution in [3.8, 4) is 51.0 Å². The molecule has 0 aliphatic carbocycles. The summed E-state index contributed by atoms with van der Waals surface area (Å²) in [5.41, 5.74) is 19.4. The van der Waals surface area contributed by atoms with Gasteiger partial charge >= 0.3 is 71.5 Å². The van der Waals surface area contributed by atoms with Gasteiger partial charge in [0.05, 0.1) is 49.6 Å². The molecule has 12 rings (SSSR count). The first kappa shape index (κ1) is 78.1. The molecule has 28 heteroatoms. The summed E-state index contributed by atoms with van der Waals surface area (Å²) in [7, 11) is 0. The SMILES string of the molecule is CCOC(=O)Cc1ccccc1OC(=O)c1nc(-c2cccc(CN)c2)c2ccsc2n1.CCOC(=O)Cc1ccccc1OC(=O)c1nc(-c2cccc(CNC(=O)OC(C)(C)C)c2)c2ccsc2n1.NCc1cccc(-c2nc(C(=O)Oc3ccccc3CC(=O)O)nc3sccc23)c1.[Na+].[OH-]. The van der Waals surface area contributed by atoms with Crippen molar-refractivity contribution < 1.29 is 102 Å². The van der Waals surface area contributed by atoms with Crippen molar-refractivity contribution in [2.75, 3.05) is 13.2 Å². The molecule has 7 N–H and O–H groups in total. The molecule has 0 aliphatic rings. The first-order valence-corrected chi connectivity index (χ1v) is 34.2. The van der Waals surface area contributed by atoms with E-state index in [0.29, 0.717) is 61.4 Å². The number of benzene rings is 6. The predicted molar refractivity (Wildman–Crippen MR) is 386 cm³/mol. The quantitative estimate of drug-likeness (QED) is 0.0225. The van der Waals surface area contributed by atoms with E-state index in [0.717, 1.165) is 49.5 Å². The van der Waals surface area contributed by atoms with Crippen LogP contribution in [-0.4, -0.2) is 101 Å². The number of nitrogens with zero attached hydrogens (tertiary/aromatic N) is 6. The van der Waals surface area contributed by atoms with Gasteiger partial charge in [-0.05, 0) is 122 Å². The van der Waals surface area contributed by atoms with Crippen LogP contribution in [0.1, 0.15) is 99.9 Å². The van der Waals surface area contributed by atoms with Gasteiger partial charge in [-0.3, -0.25) is 14.4 Å². The monoisotopic (exact) mass is 1450 g/mol. The number of carboxylic acids is 1. The zero-order valence-corrected chi connectivity index (χ0v) is 61.2.